The van der Waals surface area contributed by atoms with Crippen LogP contribution >= 0.6 is 0 Å². The molecule has 1 unspecified atom stereocenters. The molecule has 0 saturated heterocycles. The van der Waals surface area contributed by atoms with Gasteiger partial charge in [-0.25, -0.2) is 0 Å². The number of benzene rings is 1. The Labute approximate surface area is 112 Å². The van der Waals surface area contributed by atoms with E-state index in [1.807, 2.05) is 19.9 Å². The normalized spacial score (nSPS) is 12.4. The van der Waals surface area contributed by atoms with Gasteiger partial charge >= 0.3 is 0 Å². The van der Waals surface area contributed by atoms with Gasteiger partial charge in [0.15, 0.2) is 0 Å². The lowest BCUT2D eigenvalue weighted by Crippen LogP contribution is -2.22. The molecule has 0 aliphatic rings. The Bertz CT molecular complexity index is 500. The number of amides is 1. The van der Waals surface area contributed by atoms with E-state index in [-0.39, 0.29) is 17.4 Å². The first-order valence-electron chi connectivity index (χ1n) is 6.03. The minimum atomic E-state index is -0.482. The number of nitriles is 1. The van der Waals surface area contributed by atoms with Gasteiger partial charge in [0.1, 0.15) is 17.4 Å². The Morgan fingerprint density at radius 3 is 2.63 bits per heavy atom. The van der Waals surface area contributed by atoms with Gasteiger partial charge in [-0.05, 0) is 37.6 Å². The van der Waals surface area contributed by atoms with Gasteiger partial charge in [-0.1, -0.05) is 6.92 Å². The minimum Gasteiger partial charge on any atom is -0.508 e. The van der Waals surface area contributed by atoms with Crippen LogP contribution in [0.15, 0.2) is 36.0 Å². The highest BCUT2D eigenvalue weighted by Crippen LogP contribution is 2.14. The average molecular weight is 259 g/mol. The SMILES string of the molecule is CCC(C)N/C=C(/C#N)C(=O)Nc1ccc(O)cc1. The summed E-state index contributed by atoms with van der Waals surface area (Å²) in [6.07, 6.45) is 2.32. The van der Waals surface area contributed by atoms with Gasteiger partial charge in [0.2, 0.25) is 0 Å². The number of aromatic hydroxyl groups is 1. The van der Waals surface area contributed by atoms with E-state index in [1.54, 1.807) is 12.1 Å². The molecule has 0 radical (unpaired) electrons. The molecule has 1 aromatic rings. The second-order valence-electron chi connectivity index (χ2n) is 4.15. The maximum absolute atomic E-state index is 11.8. The van der Waals surface area contributed by atoms with E-state index in [1.165, 1.54) is 18.3 Å². The number of phenols is 1. The topological polar surface area (TPSA) is 85.2 Å². The number of nitrogens with zero attached hydrogens (tertiary/aromatic N) is 1. The lowest BCUT2D eigenvalue weighted by molar-refractivity contribution is -0.112. The highest BCUT2D eigenvalue weighted by Gasteiger charge is 2.09. The minimum absolute atomic E-state index is 0.00775. The number of hydrogen-bond donors (Lipinski definition) is 3. The lowest BCUT2D eigenvalue weighted by atomic mass is 10.2. The lowest BCUT2D eigenvalue weighted by Gasteiger charge is -2.09. The summed E-state index contributed by atoms with van der Waals surface area (Å²) in [7, 11) is 0. The van der Waals surface area contributed by atoms with Crippen molar-refractivity contribution in [2.24, 2.45) is 0 Å². The van der Waals surface area contributed by atoms with Crippen molar-refractivity contribution >= 4 is 11.6 Å². The molecular formula is C14H17N3O2. The van der Waals surface area contributed by atoms with Crippen LogP contribution in [-0.4, -0.2) is 17.1 Å². The van der Waals surface area contributed by atoms with Crippen molar-refractivity contribution in [1.29, 1.82) is 5.26 Å². The molecule has 0 spiro atoms. The molecule has 1 rings (SSSR count). The molecule has 3 N–H and O–H groups in total. The molecule has 5 heteroatoms. The van der Waals surface area contributed by atoms with Crippen LogP contribution in [0.4, 0.5) is 5.69 Å². The summed E-state index contributed by atoms with van der Waals surface area (Å²) in [6, 6.07) is 8.09. The summed E-state index contributed by atoms with van der Waals surface area (Å²) >= 11 is 0. The summed E-state index contributed by atoms with van der Waals surface area (Å²) in [6.45, 7) is 3.97. The van der Waals surface area contributed by atoms with Crippen molar-refractivity contribution in [3.63, 3.8) is 0 Å². The van der Waals surface area contributed by atoms with Crippen LogP contribution in [0.25, 0.3) is 0 Å². The average Bonchev–Trinajstić information content (AvgIpc) is 2.41. The van der Waals surface area contributed by atoms with Crippen molar-refractivity contribution in [3.8, 4) is 11.8 Å². The summed E-state index contributed by atoms with van der Waals surface area (Å²) < 4.78 is 0. The molecule has 0 saturated carbocycles. The first-order chi connectivity index (χ1) is 9.06. The molecule has 19 heavy (non-hydrogen) atoms. The van der Waals surface area contributed by atoms with Gasteiger partial charge in [-0.2, -0.15) is 5.26 Å². The van der Waals surface area contributed by atoms with Crippen molar-refractivity contribution < 1.29 is 9.90 Å². The Hall–Kier alpha value is -2.48. The third-order valence-electron chi connectivity index (χ3n) is 2.61. The number of nitrogens with one attached hydrogen (secondary N) is 2. The van der Waals surface area contributed by atoms with Gasteiger partial charge in [0, 0.05) is 17.9 Å². The second-order valence-corrected chi connectivity index (χ2v) is 4.15. The quantitative estimate of drug-likeness (QED) is 0.429. The molecule has 0 heterocycles. The number of anilines is 1. The molecule has 100 valence electrons. The monoisotopic (exact) mass is 259 g/mol. The molecule has 1 atom stereocenters. The van der Waals surface area contributed by atoms with Crippen LogP contribution in [-0.2, 0) is 4.79 Å². The zero-order valence-corrected chi connectivity index (χ0v) is 11.0. The molecular weight excluding hydrogens is 242 g/mol. The van der Waals surface area contributed by atoms with Crippen LogP contribution in [0.3, 0.4) is 0 Å². The van der Waals surface area contributed by atoms with Crippen molar-refractivity contribution in [3.05, 3.63) is 36.0 Å². The highest BCUT2D eigenvalue weighted by molar-refractivity contribution is 6.06. The summed E-state index contributed by atoms with van der Waals surface area (Å²) in [4.78, 5) is 11.8. The number of hydrogen-bond acceptors (Lipinski definition) is 4. The fourth-order valence-corrected chi connectivity index (χ4v) is 1.24. The maximum Gasteiger partial charge on any atom is 0.267 e. The van der Waals surface area contributed by atoms with Crippen LogP contribution in [0, 0.1) is 11.3 Å². The summed E-state index contributed by atoms with van der Waals surface area (Å²) in [5, 5.41) is 23.6. The van der Waals surface area contributed by atoms with Gasteiger partial charge in [-0.15, -0.1) is 0 Å². The van der Waals surface area contributed by atoms with E-state index in [2.05, 4.69) is 10.6 Å². The van der Waals surface area contributed by atoms with Gasteiger partial charge < -0.3 is 15.7 Å². The number of rotatable bonds is 5. The standard InChI is InChI=1S/C14H17N3O2/c1-3-10(2)16-9-11(8-15)14(19)17-12-4-6-13(18)7-5-12/h4-7,9-10,16,18H,3H2,1-2H3,(H,17,19)/b11-9-. The molecule has 1 amide bonds. The van der Waals surface area contributed by atoms with Crippen LogP contribution < -0.4 is 10.6 Å². The van der Waals surface area contributed by atoms with E-state index < -0.39 is 5.91 Å². The van der Waals surface area contributed by atoms with E-state index in [0.29, 0.717) is 5.69 Å². The molecule has 0 bridgehead atoms. The Morgan fingerprint density at radius 1 is 1.47 bits per heavy atom. The zero-order chi connectivity index (χ0) is 14.3. The van der Waals surface area contributed by atoms with E-state index >= 15 is 0 Å². The van der Waals surface area contributed by atoms with Gasteiger partial charge in [0.25, 0.3) is 5.91 Å². The predicted molar refractivity (Wildman–Crippen MR) is 73.3 cm³/mol. The number of carbonyl (C=O) groups is 1. The first-order valence-corrected chi connectivity index (χ1v) is 6.03. The fourth-order valence-electron chi connectivity index (χ4n) is 1.24. The molecule has 0 aromatic heterocycles. The maximum atomic E-state index is 11.8. The van der Waals surface area contributed by atoms with Gasteiger partial charge in [-0.3, -0.25) is 4.79 Å². The van der Waals surface area contributed by atoms with Crippen molar-refractivity contribution in [1.82, 2.24) is 5.32 Å². The van der Waals surface area contributed by atoms with Crippen LogP contribution in [0.1, 0.15) is 20.3 Å². The van der Waals surface area contributed by atoms with Gasteiger partial charge in [0.05, 0.1) is 0 Å². The Kier molecular flexibility index (Phi) is 5.42. The summed E-state index contributed by atoms with van der Waals surface area (Å²) in [5.74, 6) is -0.364. The van der Waals surface area contributed by atoms with E-state index in [4.69, 9.17) is 10.4 Å². The Balaban J connectivity index is 2.69. The van der Waals surface area contributed by atoms with Crippen molar-refractivity contribution in [2.75, 3.05) is 5.32 Å². The number of phenolic OH excluding ortho intramolecular Hbond substituents is 1. The van der Waals surface area contributed by atoms with Crippen LogP contribution in [0.5, 0.6) is 5.75 Å². The fraction of sp³-hybridized carbons (Fsp3) is 0.286. The molecule has 0 aliphatic heterocycles. The molecule has 0 aliphatic carbocycles. The number of carbonyl (C=O) groups excluding carboxylic acids is 1. The van der Waals surface area contributed by atoms with Crippen LogP contribution in [0.2, 0.25) is 0 Å². The smallest absolute Gasteiger partial charge is 0.267 e. The summed E-state index contributed by atoms with van der Waals surface area (Å²) in [5.41, 5.74) is 0.529. The van der Waals surface area contributed by atoms with E-state index in [9.17, 15) is 4.79 Å². The second kappa shape index (κ2) is 7.07. The van der Waals surface area contributed by atoms with E-state index in [0.717, 1.165) is 6.42 Å². The third kappa shape index (κ3) is 4.72. The largest absolute Gasteiger partial charge is 0.508 e. The molecule has 0 fully saturated rings. The predicted octanol–water partition coefficient (Wildman–Crippen LogP) is 2.13. The highest BCUT2D eigenvalue weighted by atomic mass is 16.3. The molecule has 1 aromatic carbocycles. The third-order valence-corrected chi connectivity index (χ3v) is 2.61. The first kappa shape index (κ1) is 14.6. The Morgan fingerprint density at radius 2 is 2.11 bits per heavy atom. The molecule has 5 nitrogen and oxygen atoms in total. The zero-order valence-electron chi connectivity index (χ0n) is 11.0. The van der Waals surface area contributed by atoms with Crippen molar-refractivity contribution in [2.45, 2.75) is 26.3 Å².